The molecule has 1 N–H and O–H groups in total. The van der Waals surface area contributed by atoms with E-state index < -0.39 is 0 Å². The van der Waals surface area contributed by atoms with Crippen molar-refractivity contribution in [1.82, 2.24) is 15.5 Å². The van der Waals surface area contributed by atoms with E-state index in [-0.39, 0.29) is 5.41 Å². The van der Waals surface area contributed by atoms with E-state index in [1.165, 1.54) is 11.1 Å². The van der Waals surface area contributed by atoms with Crippen LogP contribution in [-0.2, 0) is 18.3 Å². The Morgan fingerprint density at radius 3 is 2.48 bits per heavy atom. The fourth-order valence-electron chi connectivity index (χ4n) is 2.25. The lowest BCUT2D eigenvalue weighted by atomic mass is 9.84. The van der Waals surface area contributed by atoms with E-state index in [0.29, 0.717) is 11.9 Å². The zero-order chi connectivity index (χ0) is 15.5. The summed E-state index contributed by atoms with van der Waals surface area (Å²) in [5.41, 5.74) is 2.25. The zero-order valence-electron chi connectivity index (χ0n) is 13.6. The number of aromatic nitrogens is 2. The lowest BCUT2D eigenvalue weighted by molar-refractivity contribution is 0.329. The van der Waals surface area contributed by atoms with Crippen molar-refractivity contribution in [1.29, 1.82) is 0 Å². The first-order chi connectivity index (χ1) is 9.97. The van der Waals surface area contributed by atoms with Gasteiger partial charge in [0.1, 0.15) is 0 Å². The summed E-state index contributed by atoms with van der Waals surface area (Å²) in [6.07, 6.45) is 1.82. The van der Waals surface area contributed by atoms with Crippen LogP contribution >= 0.6 is 0 Å². The molecule has 0 spiro atoms. The third-order valence-corrected chi connectivity index (χ3v) is 4.07. The Labute approximate surface area is 127 Å². The summed E-state index contributed by atoms with van der Waals surface area (Å²) in [6.45, 7) is 8.50. The van der Waals surface area contributed by atoms with Crippen LogP contribution in [0.1, 0.15) is 50.5 Å². The van der Waals surface area contributed by atoms with Gasteiger partial charge in [0.05, 0.1) is 5.41 Å². The maximum Gasteiger partial charge on any atom is 0.236 e. The molecule has 1 unspecified atom stereocenters. The molecule has 21 heavy (non-hydrogen) atoms. The average molecular weight is 287 g/mol. The Hall–Kier alpha value is -1.68. The van der Waals surface area contributed by atoms with Gasteiger partial charge < -0.3 is 9.84 Å². The van der Waals surface area contributed by atoms with Crippen LogP contribution in [0.3, 0.4) is 0 Å². The van der Waals surface area contributed by atoms with Crippen molar-refractivity contribution in [2.75, 3.05) is 7.05 Å². The first kappa shape index (κ1) is 15.7. The zero-order valence-corrected chi connectivity index (χ0v) is 13.6. The van der Waals surface area contributed by atoms with Gasteiger partial charge in [-0.2, -0.15) is 4.98 Å². The Morgan fingerprint density at radius 2 is 1.90 bits per heavy atom. The molecule has 1 atom stereocenters. The van der Waals surface area contributed by atoms with Gasteiger partial charge in [0.15, 0.2) is 5.82 Å². The number of hydrogen-bond acceptors (Lipinski definition) is 4. The molecule has 0 saturated carbocycles. The molecule has 0 bridgehead atoms. The van der Waals surface area contributed by atoms with Crippen molar-refractivity contribution in [2.45, 2.75) is 52.0 Å². The van der Waals surface area contributed by atoms with Gasteiger partial charge in [0.2, 0.25) is 5.89 Å². The van der Waals surface area contributed by atoms with Crippen molar-refractivity contribution < 1.29 is 4.52 Å². The Kier molecular flexibility index (Phi) is 4.78. The highest BCUT2D eigenvalue weighted by molar-refractivity contribution is 5.32. The van der Waals surface area contributed by atoms with Crippen LogP contribution in [0.25, 0.3) is 0 Å². The highest BCUT2D eigenvalue weighted by Crippen LogP contribution is 2.30. The maximum absolute atomic E-state index is 5.50. The third-order valence-electron chi connectivity index (χ3n) is 4.07. The molecule has 0 fully saturated rings. The molecule has 0 saturated heterocycles. The summed E-state index contributed by atoms with van der Waals surface area (Å²) in [5, 5.41) is 7.29. The summed E-state index contributed by atoms with van der Waals surface area (Å²) in [6, 6.07) is 8.97. The Bertz CT molecular complexity index is 572. The first-order valence-corrected chi connectivity index (χ1v) is 7.57. The van der Waals surface area contributed by atoms with Crippen LogP contribution in [0, 0.1) is 0 Å². The molecule has 2 aromatic rings. The molecule has 4 nitrogen and oxygen atoms in total. The molecular weight excluding hydrogens is 262 g/mol. The second-order valence-electron chi connectivity index (χ2n) is 6.09. The lowest BCUT2D eigenvalue weighted by Crippen LogP contribution is -2.24. The minimum absolute atomic E-state index is 0.277. The van der Waals surface area contributed by atoms with Crippen LogP contribution in [0.15, 0.2) is 28.8 Å². The lowest BCUT2D eigenvalue weighted by Gasteiger charge is -2.20. The van der Waals surface area contributed by atoms with Gasteiger partial charge in [-0.15, -0.1) is 0 Å². The number of benzene rings is 1. The summed E-state index contributed by atoms with van der Waals surface area (Å²) in [7, 11) is 1.94. The average Bonchev–Trinajstić information content (AvgIpc) is 2.96. The van der Waals surface area contributed by atoms with E-state index in [1.807, 2.05) is 7.05 Å². The Balaban J connectivity index is 2.21. The molecule has 2 rings (SSSR count). The van der Waals surface area contributed by atoms with Crippen LogP contribution in [-0.4, -0.2) is 23.2 Å². The number of hydrogen-bond donors (Lipinski definition) is 1. The Morgan fingerprint density at radius 1 is 1.24 bits per heavy atom. The fourth-order valence-corrected chi connectivity index (χ4v) is 2.25. The van der Waals surface area contributed by atoms with Crippen molar-refractivity contribution in [3.8, 4) is 0 Å². The van der Waals surface area contributed by atoms with Gasteiger partial charge in [-0.25, -0.2) is 0 Å². The van der Waals surface area contributed by atoms with E-state index in [4.69, 9.17) is 4.52 Å². The van der Waals surface area contributed by atoms with Crippen molar-refractivity contribution >= 4 is 0 Å². The van der Waals surface area contributed by atoms with E-state index in [0.717, 1.165) is 18.7 Å². The fraction of sp³-hybridized carbons (Fsp3) is 0.529. The molecule has 0 aliphatic heterocycles. The van der Waals surface area contributed by atoms with E-state index in [2.05, 4.69) is 67.4 Å². The predicted octanol–water partition coefficient (Wildman–Crippen LogP) is 3.11. The number of aryl methyl sites for hydroxylation is 1. The van der Waals surface area contributed by atoms with Gasteiger partial charge in [0, 0.05) is 12.5 Å². The summed E-state index contributed by atoms with van der Waals surface area (Å²) < 4.78 is 5.50. The molecule has 0 aliphatic rings. The highest BCUT2D eigenvalue weighted by atomic mass is 16.5. The number of nitrogens with zero attached hydrogens (tertiary/aromatic N) is 2. The molecule has 0 amide bonds. The van der Waals surface area contributed by atoms with Crippen molar-refractivity contribution in [2.24, 2.45) is 0 Å². The van der Waals surface area contributed by atoms with Gasteiger partial charge >= 0.3 is 0 Å². The summed E-state index contributed by atoms with van der Waals surface area (Å²) in [5.74, 6) is 1.43. The van der Waals surface area contributed by atoms with E-state index >= 15 is 0 Å². The largest absolute Gasteiger partial charge is 0.338 e. The molecule has 0 aliphatic carbocycles. The third kappa shape index (κ3) is 3.50. The molecule has 114 valence electrons. The molecule has 1 heterocycles. The van der Waals surface area contributed by atoms with Gasteiger partial charge in [-0.3, -0.25) is 0 Å². The molecule has 0 radical (unpaired) electrons. The second-order valence-corrected chi connectivity index (χ2v) is 6.09. The SMILES string of the molecule is CCc1ccc(C(C)(C)c2nc(CC(C)NC)no2)cc1. The minimum atomic E-state index is -0.277. The second kappa shape index (κ2) is 6.39. The predicted molar refractivity (Wildman–Crippen MR) is 84.5 cm³/mol. The monoisotopic (exact) mass is 287 g/mol. The number of likely N-dealkylation sites (N-methyl/N-ethyl adjacent to an activating group) is 1. The van der Waals surface area contributed by atoms with Crippen LogP contribution in [0.4, 0.5) is 0 Å². The van der Waals surface area contributed by atoms with Gasteiger partial charge in [-0.05, 0) is 45.4 Å². The highest BCUT2D eigenvalue weighted by Gasteiger charge is 2.29. The summed E-state index contributed by atoms with van der Waals surface area (Å²) >= 11 is 0. The standard InChI is InChI=1S/C17H25N3O/c1-6-13-7-9-14(10-8-13)17(3,4)16-19-15(20-21-16)11-12(2)18-5/h7-10,12,18H,6,11H2,1-5H3. The van der Waals surface area contributed by atoms with E-state index in [1.54, 1.807) is 0 Å². The smallest absolute Gasteiger partial charge is 0.236 e. The van der Waals surface area contributed by atoms with E-state index in [9.17, 15) is 0 Å². The topological polar surface area (TPSA) is 51.0 Å². The first-order valence-electron chi connectivity index (χ1n) is 7.57. The molecule has 1 aromatic carbocycles. The number of rotatable bonds is 6. The van der Waals surface area contributed by atoms with Crippen LogP contribution < -0.4 is 5.32 Å². The van der Waals surface area contributed by atoms with Gasteiger partial charge in [-0.1, -0.05) is 36.3 Å². The quantitative estimate of drug-likeness (QED) is 0.887. The van der Waals surface area contributed by atoms with Crippen molar-refractivity contribution in [3.05, 3.63) is 47.1 Å². The van der Waals surface area contributed by atoms with Crippen LogP contribution in [0.2, 0.25) is 0 Å². The summed E-state index contributed by atoms with van der Waals surface area (Å²) in [4.78, 5) is 4.57. The van der Waals surface area contributed by atoms with Crippen LogP contribution in [0.5, 0.6) is 0 Å². The van der Waals surface area contributed by atoms with Gasteiger partial charge in [0.25, 0.3) is 0 Å². The molecule has 4 heteroatoms. The number of nitrogens with one attached hydrogen (secondary N) is 1. The molecular formula is C17H25N3O. The molecule has 1 aromatic heterocycles. The maximum atomic E-state index is 5.50. The normalized spacial score (nSPS) is 13.4. The van der Waals surface area contributed by atoms with Crippen molar-refractivity contribution in [3.63, 3.8) is 0 Å². The minimum Gasteiger partial charge on any atom is -0.338 e.